The van der Waals surface area contributed by atoms with E-state index in [9.17, 15) is 13.2 Å². The van der Waals surface area contributed by atoms with E-state index in [1.54, 1.807) is 6.92 Å². The Bertz CT molecular complexity index is 713. The molecule has 0 atom stereocenters. The number of fused-ring (bicyclic) bond motifs is 1. The molecule has 0 aliphatic carbocycles. The molecule has 0 fully saturated rings. The minimum absolute atomic E-state index is 0.0304. The molecule has 0 unspecified atom stereocenters. The van der Waals surface area contributed by atoms with E-state index in [0.717, 1.165) is 6.26 Å². The van der Waals surface area contributed by atoms with Crippen LogP contribution in [0.2, 0.25) is 0 Å². The second kappa shape index (κ2) is 3.95. The van der Waals surface area contributed by atoms with Crippen LogP contribution in [0.1, 0.15) is 5.82 Å². The molecule has 0 aliphatic rings. The number of aryl methyl sites for hydroxylation is 2. The van der Waals surface area contributed by atoms with Gasteiger partial charge in [0.2, 0.25) is 0 Å². The predicted octanol–water partition coefficient (Wildman–Crippen LogP) is -0.527. The summed E-state index contributed by atoms with van der Waals surface area (Å²) in [6.45, 7) is 1.85. The third-order valence-electron chi connectivity index (χ3n) is 2.30. The molecule has 0 saturated carbocycles. The van der Waals surface area contributed by atoms with Gasteiger partial charge >= 0.3 is 0 Å². The maximum absolute atomic E-state index is 11.5. The quantitative estimate of drug-likeness (QED) is 0.796. The van der Waals surface area contributed by atoms with Crippen LogP contribution in [0.15, 0.2) is 11.0 Å². The smallest absolute Gasteiger partial charge is 0.262 e. The Labute approximate surface area is 97.4 Å². The van der Waals surface area contributed by atoms with E-state index in [4.69, 9.17) is 0 Å². The van der Waals surface area contributed by atoms with Crippen molar-refractivity contribution in [1.82, 2.24) is 19.7 Å². The molecule has 0 aliphatic heterocycles. The van der Waals surface area contributed by atoms with E-state index < -0.39 is 9.84 Å². The number of aromatic nitrogens is 4. The Morgan fingerprint density at radius 2 is 2.18 bits per heavy atom. The van der Waals surface area contributed by atoms with Gasteiger partial charge in [-0.3, -0.25) is 4.79 Å². The van der Waals surface area contributed by atoms with Gasteiger partial charge < -0.3 is 4.98 Å². The summed E-state index contributed by atoms with van der Waals surface area (Å²) in [7, 11) is -3.06. The Morgan fingerprint density at radius 1 is 1.47 bits per heavy atom. The number of rotatable bonds is 3. The van der Waals surface area contributed by atoms with E-state index in [2.05, 4.69) is 15.1 Å². The van der Waals surface area contributed by atoms with Crippen molar-refractivity contribution < 1.29 is 8.42 Å². The minimum atomic E-state index is -3.06. The average molecular weight is 256 g/mol. The zero-order chi connectivity index (χ0) is 12.6. The summed E-state index contributed by atoms with van der Waals surface area (Å²) in [4.78, 5) is 18.3. The first-order valence-electron chi connectivity index (χ1n) is 4.97. The second-order valence-electron chi connectivity index (χ2n) is 3.89. The molecule has 0 saturated heterocycles. The van der Waals surface area contributed by atoms with E-state index in [1.165, 1.54) is 10.9 Å². The van der Waals surface area contributed by atoms with Gasteiger partial charge in [-0.05, 0) is 6.92 Å². The highest BCUT2D eigenvalue weighted by Gasteiger charge is 2.10. The summed E-state index contributed by atoms with van der Waals surface area (Å²) < 4.78 is 23.6. The van der Waals surface area contributed by atoms with Gasteiger partial charge in [-0.15, -0.1) is 0 Å². The highest BCUT2D eigenvalue weighted by Crippen LogP contribution is 2.06. The SMILES string of the molecule is Cc1nc2c(cnn2CCS(C)(=O)=O)c(=O)[nH]1. The van der Waals surface area contributed by atoms with Gasteiger partial charge in [0.05, 0.1) is 18.5 Å². The molecule has 0 aromatic carbocycles. The van der Waals surface area contributed by atoms with Crippen LogP contribution < -0.4 is 5.56 Å². The first-order valence-corrected chi connectivity index (χ1v) is 7.03. The molecule has 8 heteroatoms. The molecule has 1 N–H and O–H groups in total. The van der Waals surface area contributed by atoms with E-state index in [0.29, 0.717) is 16.9 Å². The molecule has 0 radical (unpaired) electrons. The van der Waals surface area contributed by atoms with Crippen molar-refractivity contribution in [3.05, 3.63) is 22.4 Å². The molecule has 0 amide bonds. The first-order chi connectivity index (χ1) is 7.87. The van der Waals surface area contributed by atoms with Crippen molar-refractivity contribution in [2.75, 3.05) is 12.0 Å². The zero-order valence-corrected chi connectivity index (χ0v) is 10.3. The predicted molar refractivity (Wildman–Crippen MR) is 62.6 cm³/mol. The van der Waals surface area contributed by atoms with E-state index in [-0.39, 0.29) is 17.9 Å². The number of hydrogen-bond donors (Lipinski definition) is 1. The van der Waals surface area contributed by atoms with Gasteiger partial charge in [0.15, 0.2) is 5.65 Å². The van der Waals surface area contributed by atoms with Crippen molar-refractivity contribution in [3.63, 3.8) is 0 Å². The highest BCUT2D eigenvalue weighted by atomic mass is 32.2. The van der Waals surface area contributed by atoms with Crippen LogP contribution in [0.5, 0.6) is 0 Å². The fraction of sp³-hybridized carbons (Fsp3) is 0.444. The van der Waals surface area contributed by atoms with Crippen molar-refractivity contribution in [1.29, 1.82) is 0 Å². The first kappa shape index (κ1) is 11.8. The van der Waals surface area contributed by atoms with E-state index in [1.807, 2.05) is 0 Å². The van der Waals surface area contributed by atoms with Gasteiger partial charge in [0.1, 0.15) is 21.0 Å². The summed E-state index contributed by atoms with van der Waals surface area (Å²) in [5.74, 6) is 0.445. The lowest BCUT2D eigenvalue weighted by molar-refractivity contribution is 0.588. The number of nitrogens with one attached hydrogen (secondary N) is 1. The maximum atomic E-state index is 11.5. The van der Waals surface area contributed by atoms with Crippen molar-refractivity contribution >= 4 is 20.9 Å². The molecular weight excluding hydrogens is 244 g/mol. The number of hydrogen-bond acceptors (Lipinski definition) is 5. The topological polar surface area (TPSA) is 97.7 Å². The summed E-state index contributed by atoms with van der Waals surface area (Å²) in [6, 6.07) is 0. The molecular formula is C9H12N4O3S. The lowest BCUT2D eigenvalue weighted by Crippen LogP contribution is -2.14. The normalized spacial score (nSPS) is 12.1. The summed E-state index contributed by atoms with van der Waals surface area (Å²) in [5.41, 5.74) is 0.146. The highest BCUT2D eigenvalue weighted by molar-refractivity contribution is 7.90. The largest absolute Gasteiger partial charge is 0.310 e. The third-order valence-corrected chi connectivity index (χ3v) is 3.22. The lowest BCUT2D eigenvalue weighted by atomic mass is 10.4. The number of nitrogens with zero attached hydrogens (tertiary/aromatic N) is 3. The molecule has 17 heavy (non-hydrogen) atoms. The third kappa shape index (κ3) is 2.52. The van der Waals surface area contributed by atoms with Crippen LogP contribution in [-0.2, 0) is 16.4 Å². The van der Waals surface area contributed by atoms with Crippen LogP contribution in [0.4, 0.5) is 0 Å². The molecule has 0 bridgehead atoms. The standard InChI is InChI=1S/C9H12N4O3S/c1-6-11-8-7(9(14)12-6)5-10-13(8)3-4-17(2,15)16/h5H,3-4H2,1-2H3,(H,11,12,14). The molecule has 2 heterocycles. The zero-order valence-electron chi connectivity index (χ0n) is 9.47. The van der Waals surface area contributed by atoms with Crippen LogP contribution >= 0.6 is 0 Å². The fourth-order valence-corrected chi connectivity index (χ4v) is 2.00. The Morgan fingerprint density at radius 3 is 2.82 bits per heavy atom. The summed E-state index contributed by atoms with van der Waals surface area (Å²) >= 11 is 0. The van der Waals surface area contributed by atoms with Gasteiger partial charge in [0, 0.05) is 6.26 Å². The van der Waals surface area contributed by atoms with Crippen molar-refractivity contribution in [2.24, 2.45) is 0 Å². The number of aromatic amines is 1. The molecule has 7 nitrogen and oxygen atoms in total. The van der Waals surface area contributed by atoms with Crippen LogP contribution in [0, 0.1) is 6.92 Å². The number of sulfone groups is 1. The number of H-pyrrole nitrogens is 1. The summed E-state index contributed by atoms with van der Waals surface area (Å²) in [5, 5.41) is 4.33. The molecule has 0 spiro atoms. The van der Waals surface area contributed by atoms with Gasteiger partial charge in [-0.2, -0.15) is 5.10 Å². The Kier molecular flexibility index (Phi) is 2.74. The minimum Gasteiger partial charge on any atom is -0.310 e. The molecule has 92 valence electrons. The fourth-order valence-electron chi connectivity index (χ4n) is 1.49. The van der Waals surface area contributed by atoms with Crippen molar-refractivity contribution in [2.45, 2.75) is 13.5 Å². The molecule has 2 aromatic heterocycles. The lowest BCUT2D eigenvalue weighted by Gasteiger charge is -2.01. The summed E-state index contributed by atoms with van der Waals surface area (Å²) in [6.07, 6.45) is 2.55. The Balaban J connectivity index is 2.46. The maximum Gasteiger partial charge on any atom is 0.262 e. The van der Waals surface area contributed by atoms with Crippen LogP contribution in [-0.4, -0.2) is 40.2 Å². The van der Waals surface area contributed by atoms with Crippen LogP contribution in [0.3, 0.4) is 0 Å². The van der Waals surface area contributed by atoms with Gasteiger partial charge in [-0.25, -0.2) is 18.1 Å². The average Bonchev–Trinajstić information content (AvgIpc) is 2.57. The second-order valence-corrected chi connectivity index (χ2v) is 6.15. The molecule has 2 aromatic rings. The van der Waals surface area contributed by atoms with Crippen molar-refractivity contribution in [3.8, 4) is 0 Å². The van der Waals surface area contributed by atoms with Gasteiger partial charge in [0.25, 0.3) is 5.56 Å². The van der Waals surface area contributed by atoms with E-state index >= 15 is 0 Å². The Hall–Kier alpha value is -1.70. The molecule has 2 rings (SSSR count). The van der Waals surface area contributed by atoms with Crippen LogP contribution in [0.25, 0.3) is 11.0 Å². The van der Waals surface area contributed by atoms with Gasteiger partial charge in [-0.1, -0.05) is 0 Å². The monoisotopic (exact) mass is 256 g/mol.